The van der Waals surface area contributed by atoms with E-state index in [2.05, 4.69) is 16.0 Å². The molecule has 0 fully saturated rings. The largest absolute Gasteiger partial charge is 0.449 e. The van der Waals surface area contributed by atoms with E-state index in [0.29, 0.717) is 30.4 Å². The van der Waals surface area contributed by atoms with Gasteiger partial charge in [0.1, 0.15) is 0 Å². The Morgan fingerprint density at radius 1 is 1.05 bits per heavy atom. The Bertz CT molecular complexity index is 460. The SMILES string of the molecule is CC(C)CNC(=O)Nc1cccc(NC(=O)OCC(C)C)c1. The van der Waals surface area contributed by atoms with E-state index in [4.69, 9.17) is 4.74 Å². The molecule has 0 radical (unpaired) electrons. The highest BCUT2D eigenvalue weighted by Gasteiger charge is 2.07. The summed E-state index contributed by atoms with van der Waals surface area (Å²) in [5, 5.41) is 8.11. The summed E-state index contributed by atoms with van der Waals surface area (Å²) in [6.45, 7) is 8.94. The van der Waals surface area contributed by atoms with Crippen molar-refractivity contribution in [1.29, 1.82) is 0 Å². The van der Waals surface area contributed by atoms with Crippen LogP contribution >= 0.6 is 0 Å². The monoisotopic (exact) mass is 307 g/mol. The van der Waals surface area contributed by atoms with Gasteiger partial charge in [0.25, 0.3) is 0 Å². The second-order valence-electron chi connectivity index (χ2n) is 5.93. The topological polar surface area (TPSA) is 79.5 Å². The van der Waals surface area contributed by atoms with Gasteiger partial charge in [0.05, 0.1) is 6.61 Å². The van der Waals surface area contributed by atoms with Crippen LogP contribution in [0.25, 0.3) is 0 Å². The lowest BCUT2D eigenvalue weighted by Crippen LogP contribution is -2.31. The summed E-state index contributed by atoms with van der Waals surface area (Å²) in [6, 6.07) is 6.63. The van der Waals surface area contributed by atoms with E-state index in [0.717, 1.165) is 0 Å². The molecule has 0 aromatic heterocycles. The minimum Gasteiger partial charge on any atom is -0.449 e. The third kappa shape index (κ3) is 7.52. The molecule has 1 aromatic rings. The molecule has 6 nitrogen and oxygen atoms in total. The van der Waals surface area contributed by atoms with Crippen LogP contribution < -0.4 is 16.0 Å². The number of carbonyl (C=O) groups excluding carboxylic acids is 2. The van der Waals surface area contributed by atoms with E-state index in [1.807, 2.05) is 27.7 Å². The second-order valence-corrected chi connectivity index (χ2v) is 5.93. The lowest BCUT2D eigenvalue weighted by Gasteiger charge is -2.11. The van der Waals surface area contributed by atoms with Crippen molar-refractivity contribution in [3.8, 4) is 0 Å². The number of hydrogen-bond acceptors (Lipinski definition) is 3. The summed E-state index contributed by atoms with van der Waals surface area (Å²) in [7, 11) is 0. The first-order chi connectivity index (χ1) is 10.4. The van der Waals surface area contributed by atoms with Crippen molar-refractivity contribution in [2.24, 2.45) is 11.8 Å². The maximum Gasteiger partial charge on any atom is 0.411 e. The van der Waals surface area contributed by atoms with Crippen molar-refractivity contribution in [2.45, 2.75) is 27.7 Å². The first kappa shape index (κ1) is 17.8. The van der Waals surface area contributed by atoms with Crippen LogP contribution in [-0.4, -0.2) is 25.3 Å². The lowest BCUT2D eigenvalue weighted by molar-refractivity contribution is 0.147. The summed E-state index contributed by atoms with van der Waals surface area (Å²) in [5.74, 6) is 0.665. The van der Waals surface area contributed by atoms with Crippen molar-refractivity contribution in [2.75, 3.05) is 23.8 Å². The van der Waals surface area contributed by atoms with Gasteiger partial charge in [-0.15, -0.1) is 0 Å². The van der Waals surface area contributed by atoms with Crippen LogP contribution in [0.3, 0.4) is 0 Å². The minimum atomic E-state index is -0.505. The number of carbonyl (C=O) groups is 2. The van der Waals surface area contributed by atoms with Crippen LogP contribution in [0.2, 0.25) is 0 Å². The summed E-state index contributed by atoms with van der Waals surface area (Å²) < 4.78 is 5.04. The van der Waals surface area contributed by atoms with Crippen molar-refractivity contribution in [1.82, 2.24) is 5.32 Å². The third-order valence-corrected chi connectivity index (χ3v) is 2.59. The molecule has 1 aromatic carbocycles. The first-order valence-electron chi connectivity index (χ1n) is 7.45. The number of urea groups is 1. The average molecular weight is 307 g/mol. The molecule has 0 aliphatic carbocycles. The van der Waals surface area contributed by atoms with E-state index >= 15 is 0 Å². The molecule has 0 spiro atoms. The minimum absolute atomic E-state index is 0.270. The highest BCUT2D eigenvalue weighted by atomic mass is 16.5. The van der Waals surface area contributed by atoms with Crippen LogP contribution in [0.5, 0.6) is 0 Å². The second kappa shape index (κ2) is 8.92. The molecule has 0 bridgehead atoms. The summed E-state index contributed by atoms with van der Waals surface area (Å²) >= 11 is 0. The van der Waals surface area contributed by atoms with Gasteiger partial charge in [0, 0.05) is 17.9 Å². The Morgan fingerprint density at radius 3 is 2.27 bits per heavy atom. The van der Waals surface area contributed by atoms with Crippen molar-refractivity contribution < 1.29 is 14.3 Å². The fourth-order valence-electron chi connectivity index (χ4n) is 1.54. The molecule has 6 heteroatoms. The molecule has 0 saturated carbocycles. The van der Waals surface area contributed by atoms with Gasteiger partial charge in [-0.2, -0.15) is 0 Å². The Balaban J connectivity index is 2.51. The van der Waals surface area contributed by atoms with Gasteiger partial charge in [0.2, 0.25) is 0 Å². The van der Waals surface area contributed by atoms with Gasteiger partial charge in [0.15, 0.2) is 0 Å². The molecule has 122 valence electrons. The van der Waals surface area contributed by atoms with Gasteiger partial charge >= 0.3 is 12.1 Å². The van der Waals surface area contributed by atoms with Gasteiger partial charge in [-0.05, 0) is 30.0 Å². The molecular weight excluding hydrogens is 282 g/mol. The van der Waals surface area contributed by atoms with E-state index in [1.165, 1.54) is 0 Å². The number of hydrogen-bond donors (Lipinski definition) is 3. The Hall–Kier alpha value is -2.24. The molecule has 3 N–H and O–H groups in total. The molecule has 3 amide bonds. The van der Waals surface area contributed by atoms with E-state index in [9.17, 15) is 9.59 Å². The summed E-state index contributed by atoms with van der Waals surface area (Å²) in [5.41, 5.74) is 1.17. The summed E-state index contributed by atoms with van der Waals surface area (Å²) in [6.07, 6.45) is -0.505. The molecule has 1 rings (SSSR count). The normalized spacial score (nSPS) is 10.5. The zero-order valence-electron chi connectivity index (χ0n) is 13.6. The fourth-order valence-corrected chi connectivity index (χ4v) is 1.54. The third-order valence-electron chi connectivity index (χ3n) is 2.59. The molecule has 0 aliphatic heterocycles. The predicted octanol–water partition coefficient (Wildman–Crippen LogP) is 3.67. The highest BCUT2D eigenvalue weighted by molar-refractivity contribution is 5.91. The summed E-state index contributed by atoms with van der Waals surface area (Å²) in [4.78, 5) is 23.3. The van der Waals surface area contributed by atoms with Crippen molar-refractivity contribution in [3.05, 3.63) is 24.3 Å². The number of anilines is 2. The number of nitrogens with one attached hydrogen (secondary N) is 3. The van der Waals surface area contributed by atoms with E-state index in [-0.39, 0.29) is 11.9 Å². The van der Waals surface area contributed by atoms with Crippen LogP contribution in [-0.2, 0) is 4.74 Å². The van der Waals surface area contributed by atoms with Gasteiger partial charge in [-0.25, -0.2) is 9.59 Å². The maximum absolute atomic E-state index is 11.7. The number of benzene rings is 1. The molecule has 0 saturated heterocycles. The number of rotatable bonds is 6. The van der Waals surface area contributed by atoms with E-state index < -0.39 is 6.09 Å². The average Bonchev–Trinajstić information content (AvgIpc) is 2.43. The van der Waals surface area contributed by atoms with Crippen LogP contribution in [0, 0.1) is 11.8 Å². The van der Waals surface area contributed by atoms with Gasteiger partial charge in [-0.1, -0.05) is 33.8 Å². The molecule has 22 heavy (non-hydrogen) atoms. The van der Waals surface area contributed by atoms with Gasteiger partial charge in [-0.3, -0.25) is 5.32 Å². The molecule has 0 heterocycles. The number of ether oxygens (including phenoxy) is 1. The zero-order valence-corrected chi connectivity index (χ0v) is 13.6. The number of amides is 3. The lowest BCUT2D eigenvalue weighted by atomic mass is 10.2. The first-order valence-corrected chi connectivity index (χ1v) is 7.45. The van der Waals surface area contributed by atoms with Crippen LogP contribution in [0.1, 0.15) is 27.7 Å². The van der Waals surface area contributed by atoms with Gasteiger partial charge < -0.3 is 15.4 Å². The van der Waals surface area contributed by atoms with Crippen molar-refractivity contribution in [3.63, 3.8) is 0 Å². The van der Waals surface area contributed by atoms with Crippen molar-refractivity contribution >= 4 is 23.5 Å². The molecule has 0 atom stereocenters. The predicted molar refractivity (Wildman–Crippen MR) is 88.1 cm³/mol. The Morgan fingerprint density at radius 2 is 1.68 bits per heavy atom. The zero-order chi connectivity index (χ0) is 16.5. The maximum atomic E-state index is 11.7. The molecule has 0 unspecified atom stereocenters. The van der Waals surface area contributed by atoms with Crippen LogP contribution in [0.15, 0.2) is 24.3 Å². The highest BCUT2D eigenvalue weighted by Crippen LogP contribution is 2.15. The van der Waals surface area contributed by atoms with E-state index in [1.54, 1.807) is 24.3 Å². The quantitative estimate of drug-likeness (QED) is 0.750. The molecular formula is C16H25N3O3. The smallest absolute Gasteiger partial charge is 0.411 e. The van der Waals surface area contributed by atoms with Crippen LogP contribution in [0.4, 0.5) is 21.0 Å². The standard InChI is InChI=1S/C16H25N3O3/c1-11(2)9-17-15(20)18-13-6-5-7-14(8-13)19-16(21)22-10-12(3)4/h5-8,11-12H,9-10H2,1-4H3,(H,19,21)(H2,17,18,20). The Kier molecular flexibility index (Phi) is 7.22. The fraction of sp³-hybridized carbons (Fsp3) is 0.500. The Labute approximate surface area is 131 Å². The molecule has 0 aliphatic rings.